The quantitative estimate of drug-likeness (QED) is 0.329. The molecule has 3 aromatic carbocycles. The first-order chi connectivity index (χ1) is 16.0. The SMILES string of the molecule is CCOc1ccc(/C(O)=C2/C(=O)C(=O)N(c3ccccc3OC)C2c2cccc(C)c2)cc1. The van der Waals surface area contributed by atoms with Gasteiger partial charge in [-0.25, -0.2) is 0 Å². The third-order valence-corrected chi connectivity index (χ3v) is 5.59. The second-order valence-corrected chi connectivity index (χ2v) is 7.71. The van der Waals surface area contributed by atoms with E-state index >= 15 is 0 Å². The summed E-state index contributed by atoms with van der Waals surface area (Å²) in [4.78, 5) is 27.9. The molecule has 1 heterocycles. The van der Waals surface area contributed by atoms with Crippen molar-refractivity contribution in [2.75, 3.05) is 18.6 Å². The fourth-order valence-corrected chi connectivity index (χ4v) is 4.10. The van der Waals surface area contributed by atoms with Gasteiger partial charge in [-0.1, -0.05) is 42.0 Å². The number of rotatable bonds is 6. The minimum absolute atomic E-state index is 0.0284. The number of ketones is 1. The second-order valence-electron chi connectivity index (χ2n) is 7.71. The van der Waals surface area contributed by atoms with E-state index in [4.69, 9.17) is 9.47 Å². The van der Waals surface area contributed by atoms with Crippen molar-refractivity contribution >= 4 is 23.1 Å². The fraction of sp³-hybridized carbons (Fsp3) is 0.185. The van der Waals surface area contributed by atoms with Gasteiger partial charge in [0.15, 0.2) is 0 Å². The standard InChI is InChI=1S/C27H25NO5/c1-4-33-20-14-12-18(13-15-20)25(29)23-24(19-9-7-8-17(2)16-19)28(27(31)26(23)30)21-10-5-6-11-22(21)32-3/h5-16,24,29H,4H2,1-3H3/b25-23-. The molecule has 1 saturated heterocycles. The zero-order valence-corrected chi connectivity index (χ0v) is 18.7. The molecule has 0 bridgehead atoms. The summed E-state index contributed by atoms with van der Waals surface area (Å²) >= 11 is 0. The van der Waals surface area contributed by atoms with Crippen molar-refractivity contribution in [3.05, 3.63) is 95.1 Å². The minimum Gasteiger partial charge on any atom is -0.507 e. The summed E-state index contributed by atoms with van der Waals surface area (Å²) in [6, 6.07) is 20.5. The summed E-state index contributed by atoms with van der Waals surface area (Å²) in [5, 5.41) is 11.2. The third kappa shape index (κ3) is 4.07. The molecule has 6 heteroatoms. The normalized spacial score (nSPS) is 17.3. The summed E-state index contributed by atoms with van der Waals surface area (Å²) in [6.07, 6.45) is 0. The van der Waals surface area contributed by atoms with Gasteiger partial charge in [-0.2, -0.15) is 0 Å². The number of aryl methyl sites for hydroxylation is 1. The van der Waals surface area contributed by atoms with Crippen LogP contribution in [0, 0.1) is 6.92 Å². The third-order valence-electron chi connectivity index (χ3n) is 5.59. The van der Waals surface area contributed by atoms with E-state index in [1.165, 1.54) is 12.0 Å². The second kappa shape index (κ2) is 9.20. The average Bonchev–Trinajstić information content (AvgIpc) is 3.09. The van der Waals surface area contributed by atoms with Gasteiger partial charge in [-0.15, -0.1) is 0 Å². The monoisotopic (exact) mass is 443 g/mol. The predicted molar refractivity (Wildman–Crippen MR) is 127 cm³/mol. The molecule has 0 saturated carbocycles. The Morgan fingerprint density at radius 3 is 2.39 bits per heavy atom. The lowest BCUT2D eigenvalue weighted by Gasteiger charge is -2.27. The number of carbonyl (C=O) groups is 2. The van der Waals surface area contributed by atoms with Crippen molar-refractivity contribution in [1.29, 1.82) is 0 Å². The number of carbonyl (C=O) groups excluding carboxylic acids is 2. The van der Waals surface area contributed by atoms with Crippen molar-refractivity contribution in [2.45, 2.75) is 19.9 Å². The first-order valence-electron chi connectivity index (χ1n) is 10.7. The number of nitrogens with zero attached hydrogens (tertiary/aromatic N) is 1. The molecule has 1 atom stereocenters. The maximum Gasteiger partial charge on any atom is 0.300 e. The summed E-state index contributed by atoms with van der Waals surface area (Å²) < 4.78 is 10.9. The van der Waals surface area contributed by atoms with Crippen LogP contribution in [0.25, 0.3) is 5.76 Å². The summed E-state index contributed by atoms with van der Waals surface area (Å²) in [7, 11) is 1.51. The molecule has 0 aromatic heterocycles. The number of amides is 1. The number of Topliss-reactive ketones (excluding diaryl/α,β-unsaturated/α-hetero) is 1. The Morgan fingerprint density at radius 2 is 1.73 bits per heavy atom. The first-order valence-corrected chi connectivity index (χ1v) is 10.7. The van der Waals surface area contributed by atoms with Crippen LogP contribution in [-0.2, 0) is 9.59 Å². The van der Waals surface area contributed by atoms with E-state index in [1.807, 2.05) is 38.1 Å². The van der Waals surface area contributed by atoms with E-state index in [0.717, 1.165) is 5.56 Å². The van der Waals surface area contributed by atoms with Crippen LogP contribution < -0.4 is 14.4 Å². The highest BCUT2D eigenvalue weighted by Crippen LogP contribution is 2.45. The van der Waals surface area contributed by atoms with Crippen LogP contribution in [0.3, 0.4) is 0 Å². The molecule has 1 amide bonds. The molecule has 0 spiro atoms. The summed E-state index contributed by atoms with van der Waals surface area (Å²) in [5.74, 6) is -0.602. The van der Waals surface area contributed by atoms with Crippen LogP contribution in [0.1, 0.15) is 29.7 Å². The number of aliphatic hydroxyl groups is 1. The Hall–Kier alpha value is -4.06. The van der Waals surface area contributed by atoms with Gasteiger partial charge in [0.25, 0.3) is 11.7 Å². The molecule has 1 fully saturated rings. The van der Waals surface area contributed by atoms with Gasteiger partial charge in [-0.05, 0) is 55.8 Å². The number of benzene rings is 3. The highest BCUT2D eigenvalue weighted by molar-refractivity contribution is 6.51. The number of aliphatic hydroxyl groups excluding tert-OH is 1. The molecule has 0 radical (unpaired) electrons. The van der Waals surface area contributed by atoms with Gasteiger partial charge < -0.3 is 14.6 Å². The van der Waals surface area contributed by atoms with E-state index in [2.05, 4.69) is 0 Å². The number of anilines is 1. The first kappa shape index (κ1) is 22.1. The molecule has 1 aliphatic rings. The molecular formula is C27H25NO5. The Labute approximate surface area is 192 Å². The van der Waals surface area contributed by atoms with Gasteiger partial charge in [0.05, 0.1) is 31.0 Å². The molecule has 1 unspecified atom stereocenters. The average molecular weight is 443 g/mol. The van der Waals surface area contributed by atoms with Gasteiger partial charge >= 0.3 is 0 Å². The maximum atomic E-state index is 13.3. The number of hydrogen-bond acceptors (Lipinski definition) is 5. The molecule has 4 rings (SSSR count). The van der Waals surface area contributed by atoms with Crippen LogP contribution in [-0.4, -0.2) is 30.5 Å². The minimum atomic E-state index is -0.812. The topological polar surface area (TPSA) is 76.1 Å². The van der Waals surface area contributed by atoms with Gasteiger partial charge in [-0.3, -0.25) is 14.5 Å². The van der Waals surface area contributed by atoms with Crippen LogP contribution in [0.4, 0.5) is 5.69 Å². The van der Waals surface area contributed by atoms with Gasteiger partial charge in [0.1, 0.15) is 17.3 Å². The van der Waals surface area contributed by atoms with Crippen LogP contribution >= 0.6 is 0 Å². The van der Waals surface area contributed by atoms with Gasteiger partial charge in [0.2, 0.25) is 0 Å². The Morgan fingerprint density at radius 1 is 1.00 bits per heavy atom. The molecule has 0 aliphatic carbocycles. The van der Waals surface area contributed by atoms with Crippen LogP contribution in [0.2, 0.25) is 0 Å². The lowest BCUT2D eigenvalue weighted by atomic mass is 9.94. The lowest BCUT2D eigenvalue weighted by molar-refractivity contribution is -0.132. The largest absolute Gasteiger partial charge is 0.507 e. The molecule has 3 aromatic rings. The molecule has 6 nitrogen and oxygen atoms in total. The van der Waals surface area contributed by atoms with E-state index in [-0.39, 0.29) is 11.3 Å². The zero-order chi connectivity index (χ0) is 23.5. The van der Waals surface area contributed by atoms with Crippen molar-refractivity contribution in [3.63, 3.8) is 0 Å². The van der Waals surface area contributed by atoms with Crippen molar-refractivity contribution in [3.8, 4) is 11.5 Å². The highest BCUT2D eigenvalue weighted by atomic mass is 16.5. The maximum absolute atomic E-state index is 13.3. The number of methoxy groups -OCH3 is 1. The summed E-state index contributed by atoms with van der Waals surface area (Å²) in [6.45, 7) is 4.34. The van der Waals surface area contributed by atoms with Crippen LogP contribution in [0.5, 0.6) is 11.5 Å². The smallest absolute Gasteiger partial charge is 0.300 e. The van der Waals surface area contributed by atoms with E-state index < -0.39 is 17.7 Å². The van der Waals surface area contributed by atoms with Gasteiger partial charge in [0, 0.05) is 5.56 Å². The fourth-order valence-electron chi connectivity index (χ4n) is 4.10. The van der Waals surface area contributed by atoms with Crippen LogP contribution in [0.15, 0.2) is 78.4 Å². The Kier molecular flexibility index (Phi) is 6.18. The lowest BCUT2D eigenvalue weighted by Crippen LogP contribution is -2.29. The number of ether oxygens (including phenoxy) is 2. The molecule has 1 aliphatic heterocycles. The van der Waals surface area contributed by atoms with E-state index in [0.29, 0.717) is 34.9 Å². The van der Waals surface area contributed by atoms with Crippen molar-refractivity contribution < 1.29 is 24.2 Å². The molecule has 33 heavy (non-hydrogen) atoms. The van der Waals surface area contributed by atoms with E-state index in [1.54, 1.807) is 48.5 Å². The zero-order valence-electron chi connectivity index (χ0n) is 18.7. The Bertz CT molecular complexity index is 1230. The molecule has 168 valence electrons. The Balaban J connectivity index is 1.92. The summed E-state index contributed by atoms with van der Waals surface area (Å²) in [5.41, 5.74) is 2.60. The van der Waals surface area contributed by atoms with Crippen molar-refractivity contribution in [2.24, 2.45) is 0 Å². The number of hydrogen-bond donors (Lipinski definition) is 1. The predicted octanol–water partition coefficient (Wildman–Crippen LogP) is 5.03. The van der Waals surface area contributed by atoms with Crippen molar-refractivity contribution in [1.82, 2.24) is 0 Å². The molecular weight excluding hydrogens is 418 g/mol. The highest BCUT2D eigenvalue weighted by Gasteiger charge is 2.47. The van der Waals surface area contributed by atoms with E-state index in [9.17, 15) is 14.7 Å². The molecule has 1 N–H and O–H groups in total. The number of para-hydroxylation sites is 2.